The molecule has 1 aliphatic rings. The van der Waals surface area contributed by atoms with E-state index in [0.29, 0.717) is 23.8 Å². The van der Waals surface area contributed by atoms with Crippen LogP contribution in [0.3, 0.4) is 0 Å². The molecule has 0 radical (unpaired) electrons. The van der Waals surface area contributed by atoms with Crippen molar-refractivity contribution in [3.05, 3.63) is 18.7 Å². The fraction of sp³-hybridized carbons (Fsp3) is 0.538. The maximum atomic E-state index is 9.27. The molecule has 1 unspecified atom stereocenters. The van der Waals surface area contributed by atoms with E-state index >= 15 is 0 Å². The first-order valence-electron chi connectivity index (χ1n) is 7.14. The number of rotatable bonds is 5. The number of hydrogen-bond donors (Lipinski definition) is 2. The largest absolute Gasteiger partial charge is 0.396 e. The molecule has 8 nitrogen and oxygen atoms in total. The van der Waals surface area contributed by atoms with Crippen molar-refractivity contribution in [3.63, 3.8) is 0 Å². The van der Waals surface area contributed by atoms with Gasteiger partial charge in [-0.25, -0.2) is 4.98 Å². The van der Waals surface area contributed by atoms with Gasteiger partial charge in [-0.15, -0.1) is 0 Å². The van der Waals surface area contributed by atoms with Gasteiger partial charge in [-0.1, -0.05) is 0 Å². The first-order chi connectivity index (χ1) is 10.3. The molecule has 0 amide bonds. The Morgan fingerprint density at radius 1 is 1.33 bits per heavy atom. The van der Waals surface area contributed by atoms with Gasteiger partial charge >= 0.3 is 0 Å². The zero-order valence-corrected chi connectivity index (χ0v) is 12.0. The number of aromatic nitrogens is 5. The van der Waals surface area contributed by atoms with Crippen molar-refractivity contribution < 1.29 is 5.11 Å². The molecule has 0 spiro atoms. The molecule has 1 fully saturated rings. The summed E-state index contributed by atoms with van der Waals surface area (Å²) in [5.41, 5.74) is 0. The zero-order valence-electron chi connectivity index (χ0n) is 12.0. The van der Waals surface area contributed by atoms with Gasteiger partial charge in [0.2, 0.25) is 17.8 Å². The van der Waals surface area contributed by atoms with Crippen LogP contribution >= 0.6 is 0 Å². The first kappa shape index (κ1) is 13.7. The topological polar surface area (TPSA) is 92.0 Å². The van der Waals surface area contributed by atoms with E-state index in [-0.39, 0.29) is 6.61 Å². The summed E-state index contributed by atoms with van der Waals surface area (Å²) in [7, 11) is 0. The lowest BCUT2D eigenvalue weighted by atomic mass is 10.1. The Morgan fingerprint density at radius 2 is 2.19 bits per heavy atom. The molecule has 0 aromatic carbocycles. The fourth-order valence-corrected chi connectivity index (χ4v) is 2.39. The average molecular weight is 289 g/mol. The van der Waals surface area contributed by atoms with Crippen molar-refractivity contribution in [2.75, 3.05) is 36.5 Å². The van der Waals surface area contributed by atoms with E-state index in [4.69, 9.17) is 0 Å². The van der Waals surface area contributed by atoms with Crippen molar-refractivity contribution in [1.29, 1.82) is 0 Å². The van der Waals surface area contributed by atoms with Crippen LogP contribution in [-0.4, -0.2) is 55.9 Å². The van der Waals surface area contributed by atoms with E-state index in [1.54, 1.807) is 23.3 Å². The highest BCUT2D eigenvalue weighted by molar-refractivity contribution is 5.41. The van der Waals surface area contributed by atoms with Gasteiger partial charge in [0, 0.05) is 44.6 Å². The highest BCUT2D eigenvalue weighted by Crippen LogP contribution is 2.21. The second-order valence-electron chi connectivity index (χ2n) is 5.04. The molecule has 0 bridgehead atoms. The highest BCUT2D eigenvalue weighted by atomic mass is 16.3. The van der Waals surface area contributed by atoms with E-state index in [0.717, 1.165) is 26.1 Å². The molecule has 1 atom stereocenters. The van der Waals surface area contributed by atoms with E-state index in [2.05, 4.69) is 30.2 Å². The van der Waals surface area contributed by atoms with Gasteiger partial charge in [0.1, 0.15) is 6.33 Å². The molecule has 0 saturated carbocycles. The molecule has 2 aromatic rings. The molecule has 8 heteroatoms. The Bertz CT molecular complexity index is 586. The van der Waals surface area contributed by atoms with Crippen molar-refractivity contribution in [2.45, 2.75) is 13.3 Å². The van der Waals surface area contributed by atoms with Crippen LogP contribution in [0.15, 0.2) is 18.7 Å². The number of aliphatic hydroxyl groups excluding tert-OH is 1. The zero-order chi connectivity index (χ0) is 14.7. The smallest absolute Gasteiger partial charge is 0.241 e. The average Bonchev–Trinajstić information content (AvgIpc) is 3.19. The molecule has 1 aliphatic heterocycles. The summed E-state index contributed by atoms with van der Waals surface area (Å²) in [6, 6.07) is 0. The summed E-state index contributed by atoms with van der Waals surface area (Å²) in [5.74, 6) is 2.03. The molecule has 2 N–H and O–H groups in total. The number of imidazole rings is 1. The van der Waals surface area contributed by atoms with E-state index in [1.807, 2.05) is 6.92 Å². The first-order valence-corrected chi connectivity index (χ1v) is 7.14. The van der Waals surface area contributed by atoms with Gasteiger partial charge in [-0.05, 0) is 13.3 Å². The monoisotopic (exact) mass is 289 g/mol. The van der Waals surface area contributed by atoms with Gasteiger partial charge in [0.25, 0.3) is 0 Å². The molecular weight excluding hydrogens is 270 g/mol. The number of aliphatic hydroxyl groups is 1. The maximum absolute atomic E-state index is 9.27. The summed E-state index contributed by atoms with van der Waals surface area (Å²) in [6.07, 6.45) is 6.11. The quantitative estimate of drug-likeness (QED) is 0.818. The SMILES string of the molecule is CCNc1nc(N2CCC(CO)C2)nc(-n2ccnc2)n1. The lowest BCUT2D eigenvalue weighted by Gasteiger charge is -2.17. The van der Waals surface area contributed by atoms with Gasteiger partial charge < -0.3 is 15.3 Å². The van der Waals surface area contributed by atoms with Gasteiger partial charge in [0.05, 0.1) is 0 Å². The minimum atomic E-state index is 0.204. The maximum Gasteiger partial charge on any atom is 0.241 e. The minimum Gasteiger partial charge on any atom is -0.396 e. The van der Waals surface area contributed by atoms with Crippen molar-refractivity contribution >= 4 is 11.9 Å². The van der Waals surface area contributed by atoms with E-state index < -0.39 is 0 Å². The fourth-order valence-electron chi connectivity index (χ4n) is 2.39. The molecular formula is C13H19N7O. The summed E-state index contributed by atoms with van der Waals surface area (Å²) in [6.45, 7) is 4.57. The number of nitrogens with zero attached hydrogens (tertiary/aromatic N) is 6. The minimum absolute atomic E-state index is 0.204. The Kier molecular flexibility index (Phi) is 3.96. The van der Waals surface area contributed by atoms with Gasteiger partial charge in [-0.3, -0.25) is 4.57 Å². The van der Waals surface area contributed by atoms with Crippen LogP contribution in [0, 0.1) is 5.92 Å². The Hall–Kier alpha value is -2.22. The standard InChI is InChI=1S/C13H19N7O/c1-2-15-11-16-12(19-5-3-10(7-19)8-21)18-13(17-11)20-6-4-14-9-20/h4,6,9-10,21H,2-3,5,7-8H2,1H3,(H,15,16,17,18). The molecule has 2 aromatic heterocycles. The number of nitrogens with one attached hydrogen (secondary N) is 1. The third-order valence-electron chi connectivity index (χ3n) is 3.51. The lowest BCUT2D eigenvalue weighted by molar-refractivity contribution is 0.238. The van der Waals surface area contributed by atoms with E-state index in [1.165, 1.54) is 0 Å². The molecule has 3 heterocycles. The Labute approximate surface area is 122 Å². The molecule has 112 valence electrons. The number of hydrogen-bond acceptors (Lipinski definition) is 7. The van der Waals surface area contributed by atoms with Crippen molar-refractivity contribution in [1.82, 2.24) is 24.5 Å². The predicted molar refractivity (Wildman–Crippen MR) is 78.5 cm³/mol. The predicted octanol–water partition coefficient (Wildman–Crippen LogP) is 0.308. The van der Waals surface area contributed by atoms with Gasteiger partial charge in [0.15, 0.2) is 0 Å². The summed E-state index contributed by atoms with van der Waals surface area (Å²) in [5, 5.41) is 12.4. The van der Waals surface area contributed by atoms with Gasteiger partial charge in [-0.2, -0.15) is 15.0 Å². The van der Waals surface area contributed by atoms with Crippen LogP contribution in [0.5, 0.6) is 0 Å². The van der Waals surface area contributed by atoms with Crippen LogP contribution in [0.4, 0.5) is 11.9 Å². The van der Waals surface area contributed by atoms with Crippen LogP contribution in [-0.2, 0) is 0 Å². The van der Waals surface area contributed by atoms with Crippen LogP contribution in [0.1, 0.15) is 13.3 Å². The number of anilines is 2. The van der Waals surface area contributed by atoms with E-state index in [9.17, 15) is 5.11 Å². The normalized spacial score (nSPS) is 18.2. The van der Waals surface area contributed by atoms with Crippen molar-refractivity contribution in [2.24, 2.45) is 5.92 Å². The lowest BCUT2D eigenvalue weighted by Crippen LogP contribution is -2.24. The molecule has 3 rings (SSSR count). The summed E-state index contributed by atoms with van der Waals surface area (Å²) >= 11 is 0. The summed E-state index contributed by atoms with van der Waals surface area (Å²) in [4.78, 5) is 19.5. The Morgan fingerprint density at radius 3 is 2.86 bits per heavy atom. The highest BCUT2D eigenvalue weighted by Gasteiger charge is 2.24. The third-order valence-corrected chi connectivity index (χ3v) is 3.51. The van der Waals surface area contributed by atoms with Crippen molar-refractivity contribution in [3.8, 4) is 5.95 Å². The second kappa shape index (κ2) is 6.04. The Balaban J connectivity index is 1.92. The molecule has 1 saturated heterocycles. The summed E-state index contributed by atoms with van der Waals surface area (Å²) < 4.78 is 1.76. The molecule has 21 heavy (non-hydrogen) atoms. The van der Waals surface area contributed by atoms with Crippen LogP contribution < -0.4 is 10.2 Å². The van der Waals surface area contributed by atoms with Crippen LogP contribution in [0.2, 0.25) is 0 Å². The molecule has 0 aliphatic carbocycles. The van der Waals surface area contributed by atoms with Crippen LogP contribution in [0.25, 0.3) is 5.95 Å². The third kappa shape index (κ3) is 2.94. The second-order valence-corrected chi connectivity index (χ2v) is 5.04.